The van der Waals surface area contributed by atoms with Crippen LogP contribution in [0.1, 0.15) is 37.7 Å². The van der Waals surface area contributed by atoms with Gasteiger partial charge in [-0.3, -0.25) is 19.8 Å². The van der Waals surface area contributed by atoms with Crippen LogP contribution in [0.2, 0.25) is 0 Å². The first-order valence-corrected chi connectivity index (χ1v) is 10.5. The molecule has 2 aliphatic rings. The molecule has 1 amide bonds. The largest absolute Gasteiger partial charge is 0.283 e. The van der Waals surface area contributed by atoms with Crippen LogP contribution in [0.4, 0.5) is 11.4 Å². The molecule has 0 unspecified atom stereocenters. The summed E-state index contributed by atoms with van der Waals surface area (Å²) in [6.45, 7) is 0. The van der Waals surface area contributed by atoms with E-state index in [2.05, 4.69) is 0 Å². The molecule has 1 heterocycles. The molecule has 2 fully saturated rings. The Balaban J connectivity index is 1.69. The Labute approximate surface area is 173 Å². The van der Waals surface area contributed by atoms with Gasteiger partial charge in [0.2, 0.25) is 0 Å². The zero-order valence-corrected chi connectivity index (χ0v) is 16.7. The number of carbonyl (C=O) groups is 1. The lowest BCUT2D eigenvalue weighted by atomic mass is 9.94. The second kappa shape index (κ2) is 8.61. The van der Waals surface area contributed by atoms with Gasteiger partial charge in [0, 0.05) is 18.2 Å². The number of nitrogens with zero attached hydrogens (tertiary/aromatic N) is 3. The molecule has 6 nitrogen and oxygen atoms in total. The number of hydrogen-bond donors (Lipinski definition) is 0. The van der Waals surface area contributed by atoms with Crippen molar-refractivity contribution in [3.05, 3.63) is 75.2 Å². The molecule has 1 aliphatic heterocycles. The third-order valence-corrected chi connectivity index (χ3v) is 6.12. The maximum absolute atomic E-state index is 13.3. The monoisotopic (exact) mass is 407 g/mol. The highest BCUT2D eigenvalue weighted by atomic mass is 32.2. The highest BCUT2D eigenvalue weighted by molar-refractivity contribution is 8.18. The molecule has 0 radical (unpaired) electrons. The number of thioether (sulfide) groups is 1. The molecule has 7 heteroatoms. The molecule has 0 spiro atoms. The van der Waals surface area contributed by atoms with E-state index in [1.165, 1.54) is 30.3 Å². The molecular formula is C22H21N3O3S. The minimum absolute atomic E-state index is 0.0112. The Bertz CT molecular complexity index is 982. The maximum atomic E-state index is 13.3. The van der Waals surface area contributed by atoms with Crippen molar-refractivity contribution in [1.82, 2.24) is 4.90 Å². The van der Waals surface area contributed by atoms with E-state index in [0.717, 1.165) is 31.4 Å². The predicted octanol–water partition coefficient (Wildman–Crippen LogP) is 5.53. The molecule has 0 bridgehead atoms. The number of rotatable bonds is 4. The molecule has 0 atom stereocenters. The summed E-state index contributed by atoms with van der Waals surface area (Å²) in [5.74, 6) is -0.0666. The number of non-ortho nitro benzene ring substituents is 1. The summed E-state index contributed by atoms with van der Waals surface area (Å²) in [6.07, 6.45) is 7.11. The van der Waals surface area contributed by atoms with E-state index in [-0.39, 0.29) is 17.6 Å². The van der Waals surface area contributed by atoms with Gasteiger partial charge in [-0.05, 0) is 48.4 Å². The Morgan fingerprint density at radius 1 is 1.07 bits per heavy atom. The smallest absolute Gasteiger partial charge is 0.270 e. The van der Waals surface area contributed by atoms with Gasteiger partial charge in [-0.25, -0.2) is 4.99 Å². The van der Waals surface area contributed by atoms with Crippen molar-refractivity contribution in [1.29, 1.82) is 0 Å². The maximum Gasteiger partial charge on any atom is 0.270 e. The summed E-state index contributed by atoms with van der Waals surface area (Å²) in [7, 11) is 0. The van der Waals surface area contributed by atoms with Gasteiger partial charge < -0.3 is 0 Å². The van der Waals surface area contributed by atoms with Crippen molar-refractivity contribution < 1.29 is 9.72 Å². The topological polar surface area (TPSA) is 75.8 Å². The highest BCUT2D eigenvalue weighted by Gasteiger charge is 2.38. The number of benzene rings is 2. The van der Waals surface area contributed by atoms with E-state index in [0.29, 0.717) is 15.6 Å². The number of nitro benzene ring substituents is 1. The summed E-state index contributed by atoms with van der Waals surface area (Å²) in [6, 6.07) is 16.1. The number of amides is 1. The molecule has 2 aromatic carbocycles. The minimum atomic E-state index is -0.428. The lowest BCUT2D eigenvalue weighted by Crippen LogP contribution is -2.40. The fourth-order valence-electron chi connectivity index (χ4n) is 3.72. The average molecular weight is 407 g/mol. The number of aliphatic imine (C=N–C) groups is 1. The molecule has 29 heavy (non-hydrogen) atoms. The first-order chi connectivity index (χ1) is 14.1. The van der Waals surface area contributed by atoms with E-state index in [1.807, 2.05) is 35.2 Å². The van der Waals surface area contributed by atoms with Gasteiger partial charge in [0.25, 0.3) is 11.6 Å². The summed E-state index contributed by atoms with van der Waals surface area (Å²) in [5, 5.41) is 11.7. The first-order valence-electron chi connectivity index (χ1n) is 9.73. The number of para-hydroxylation sites is 1. The highest BCUT2D eigenvalue weighted by Crippen LogP contribution is 2.38. The van der Waals surface area contributed by atoms with Gasteiger partial charge in [0.15, 0.2) is 5.17 Å². The summed E-state index contributed by atoms with van der Waals surface area (Å²) in [4.78, 5) is 31.0. The second-order valence-electron chi connectivity index (χ2n) is 7.16. The molecule has 148 valence electrons. The van der Waals surface area contributed by atoms with Gasteiger partial charge in [-0.2, -0.15) is 0 Å². The SMILES string of the molecule is O=C1/C(=C/c2cccc([N+](=O)[O-])c2)SC(=Nc2ccccc2)N1C1CCCCC1. The van der Waals surface area contributed by atoms with Crippen LogP contribution in [0, 0.1) is 10.1 Å². The van der Waals surface area contributed by atoms with Crippen molar-refractivity contribution >= 4 is 40.3 Å². The standard InChI is InChI=1S/C22H21N3O3S/c26-21-20(15-16-8-7-13-19(14-16)25(27)28)29-22(23-17-9-3-1-4-10-17)24(21)18-11-5-2-6-12-18/h1,3-4,7-10,13-15,18H,2,5-6,11-12H2/b20-15-,23-22?. The van der Waals surface area contributed by atoms with Crippen LogP contribution in [0.3, 0.4) is 0 Å². The number of hydrogen-bond acceptors (Lipinski definition) is 5. The van der Waals surface area contributed by atoms with Crippen molar-refractivity contribution in [2.45, 2.75) is 38.1 Å². The van der Waals surface area contributed by atoms with Crippen LogP contribution in [-0.2, 0) is 4.79 Å². The van der Waals surface area contributed by atoms with Crippen LogP contribution in [0.5, 0.6) is 0 Å². The van der Waals surface area contributed by atoms with Gasteiger partial charge in [0.1, 0.15) is 0 Å². The third-order valence-electron chi connectivity index (χ3n) is 5.14. The van der Waals surface area contributed by atoms with E-state index in [4.69, 9.17) is 4.99 Å². The van der Waals surface area contributed by atoms with Crippen LogP contribution < -0.4 is 0 Å². The van der Waals surface area contributed by atoms with Gasteiger partial charge in [-0.15, -0.1) is 0 Å². The van der Waals surface area contributed by atoms with Crippen molar-refractivity contribution in [3.63, 3.8) is 0 Å². The summed E-state index contributed by atoms with van der Waals surface area (Å²) in [5.41, 5.74) is 1.46. The molecular weight excluding hydrogens is 386 g/mol. The van der Waals surface area contributed by atoms with Crippen LogP contribution in [-0.4, -0.2) is 26.9 Å². The van der Waals surface area contributed by atoms with Crippen molar-refractivity contribution in [2.24, 2.45) is 4.99 Å². The van der Waals surface area contributed by atoms with Crippen LogP contribution in [0.25, 0.3) is 6.08 Å². The fraction of sp³-hybridized carbons (Fsp3) is 0.273. The normalized spacial score (nSPS) is 20.6. The summed E-state index contributed by atoms with van der Waals surface area (Å²) >= 11 is 1.34. The first kappa shape index (κ1) is 19.4. The van der Waals surface area contributed by atoms with Gasteiger partial charge in [0.05, 0.1) is 15.5 Å². The van der Waals surface area contributed by atoms with Crippen molar-refractivity contribution in [3.8, 4) is 0 Å². The number of carbonyl (C=O) groups excluding carboxylic acids is 1. The van der Waals surface area contributed by atoms with E-state index in [1.54, 1.807) is 18.2 Å². The number of amidine groups is 1. The molecule has 0 aromatic heterocycles. The molecule has 1 saturated carbocycles. The Morgan fingerprint density at radius 2 is 1.83 bits per heavy atom. The number of nitro groups is 1. The average Bonchev–Trinajstić information content (AvgIpc) is 3.04. The molecule has 1 saturated heterocycles. The quantitative estimate of drug-likeness (QED) is 0.379. The van der Waals surface area contributed by atoms with E-state index < -0.39 is 4.92 Å². The van der Waals surface area contributed by atoms with Crippen molar-refractivity contribution in [2.75, 3.05) is 0 Å². The summed E-state index contributed by atoms with van der Waals surface area (Å²) < 4.78 is 0. The van der Waals surface area contributed by atoms with Gasteiger partial charge >= 0.3 is 0 Å². The van der Waals surface area contributed by atoms with E-state index in [9.17, 15) is 14.9 Å². The Kier molecular flexibility index (Phi) is 5.76. The van der Waals surface area contributed by atoms with Crippen LogP contribution >= 0.6 is 11.8 Å². The van der Waals surface area contributed by atoms with Crippen LogP contribution in [0.15, 0.2) is 64.5 Å². The zero-order chi connectivity index (χ0) is 20.2. The van der Waals surface area contributed by atoms with E-state index >= 15 is 0 Å². The fourth-order valence-corrected chi connectivity index (χ4v) is 4.78. The van der Waals surface area contributed by atoms with Gasteiger partial charge in [-0.1, -0.05) is 49.6 Å². The second-order valence-corrected chi connectivity index (χ2v) is 8.17. The Hall–Kier alpha value is -2.93. The minimum Gasteiger partial charge on any atom is -0.283 e. The zero-order valence-electron chi connectivity index (χ0n) is 15.9. The lowest BCUT2D eigenvalue weighted by Gasteiger charge is -2.30. The molecule has 0 N–H and O–H groups in total. The molecule has 2 aromatic rings. The predicted molar refractivity (Wildman–Crippen MR) is 116 cm³/mol. The Morgan fingerprint density at radius 3 is 2.55 bits per heavy atom. The molecule has 4 rings (SSSR count). The third kappa shape index (κ3) is 4.40. The molecule has 1 aliphatic carbocycles. The lowest BCUT2D eigenvalue weighted by molar-refractivity contribution is -0.384.